The van der Waals surface area contributed by atoms with Gasteiger partial charge in [0.25, 0.3) is 5.91 Å². The highest BCUT2D eigenvalue weighted by molar-refractivity contribution is 7.14. The highest BCUT2D eigenvalue weighted by Gasteiger charge is 2.19. The van der Waals surface area contributed by atoms with Crippen molar-refractivity contribution in [1.29, 1.82) is 5.26 Å². The van der Waals surface area contributed by atoms with E-state index in [1.165, 1.54) is 11.3 Å². The number of nitrogens with zero attached hydrogens (tertiary/aromatic N) is 1. The number of hydrogen-bond donors (Lipinski definition) is 1. The Kier molecular flexibility index (Phi) is 5.53. The lowest BCUT2D eigenvalue weighted by Crippen LogP contribution is -2.32. The Hall–Kier alpha value is -1.42. The van der Waals surface area contributed by atoms with E-state index in [1.807, 2.05) is 6.07 Å². The third kappa shape index (κ3) is 4.04. The molecule has 1 aliphatic heterocycles. The molecule has 1 aliphatic rings. The highest BCUT2D eigenvalue weighted by Crippen LogP contribution is 2.22. The predicted octanol–water partition coefficient (Wildman–Crippen LogP) is 2.53. The van der Waals surface area contributed by atoms with Gasteiger partial charge in [-0.05, 0) is 37.6 Å². The average molecular weight is 294 g/mol. The summed E-state index contributed by atoms with van der Waals surface area (Å²) in [5, 5.41) is 14.0. The zero-order chi connectivity index (χ0) is 14.4. The van der Waals surface area contributed by atoms with Gasteiger partial charge in [-0.1, -0.05) is 0 Å². The minimum absolute atomic E-state index is 0.0930. The maximum atomic E-state index is 12.0. The molecule has 1 N–H and O–H groups in total. The first-order chi connectivity index (χ1) is 9.70. The summed E-state index contributed by atoms with van der Waals surface area (Å²) in [5.74, 6) is -0.236. The van der Waals surface area contributed by atoms with Crippen molar-refractivity contribution >= 4 is 22.2 Å². The first kappa shape index (κ1) is 15.0. The molecule has 20 heavy (non-hydrogen) atoms. The SMILES string of the molecule is CC(OCC1CCCCO1)C(=O)Nc1sccc1C#N. The molecule has 0 saturated carbocycles. The largest absolute Gasteiger partial charge is 0.376 e. The summed E-state index contributed by atoms with van der Waals surface area (Å²) in [6.45, 7) is 2.91. The zero-order valence-corrected chi connectivity index (χ0v) is 12.2. The monoisotopic (exact) mass is 294 g/mol. The second-order valence-corrected chi connectivity index (χ2v) is 5.64. The Bertz CT molecular complexity index is 489. The summed E-state index contributed by atoms with van der Waals surface area (Å²) in [6, 6.07) is 3.72. The van der Waals surface area contributed by atoms with Gasteiger partial charge < -0.3 is 14.8 Å². The zero-order valence-electron chi connectivity index (χ0n) is 11.4. The van der Waals surface area contributed by atoms with Crippen LogP contribution < -0.4 is 5.32 Å². The normalized spacial score (nSPS) is 20.1. The van der Waals surface area contributed by atoms with Gasteiger partial charge in [0, 0.05) is 6.61 Å². The molecule has 0 aromatic carbocycles. The number of hydrogen-bond acceptors (Lipinski definition) is 5. The molecule has 0 spiro atoms. The van der Waals surface area contributed by atoms with Gasteiger partial charge in [0.05, 0.1) is 18.3 Å². The molecule has 108 valence electrons. The molecule has 1 fully saturated rings. The summed E-state index contributed by atoms with van der Waals surface area (Å²) < 4.78 is 11.1. The fourth-order valence-corrected chi connectivity index (χ4v) is 2.71. The van der Waals surface area contributed by atoms with E-state index in [4.69, 9.17) is 14.7 Å². The van der Waals surface area contributed by atoms with Crippen LogP contribution in [0.15, 0.2) is 11.4 Å². The third-order valence-electron chi connectivity index (χ3n) is 3.20. The first-order valence-corrected chi connectivity index (χ1v) is 7.60. The molecule has 1 aromatic heterocycles. The van der Waals surface area contributed by atoms with Crippen LogP contribution in [0.5, 0.6) is 0 Å². The lowest BCUT2D eigenvalue weighted by atomic mass is 10.1. The minimum atomic E-state index is -0.561. The number of amides is 1. The van der Waals surface area contributed by atoms with Gasteiger partial charge in [-0.25, -0.2) is 0 Å². The Morgan fingerprint density at radius 2 is 2.55 bits per heavy atom. The Morgan fingerprint density at radius 3 is 3.25 bits per heavy atom. The third-order valence-corrected chi connectivity index (χ3v) is 4.03. The second kappa shape index (κ2) is 7.39. The summed E-state index contributed by atoms with van der Waals surface area (Å²) in [7, 11) is 0. The van der Waals surface area contributed by atoms with E-state index in [9.17, 15) is 4.79 Å². The van der Waals surface area contributed by atoms with E-state index in [-0.39, 0.29) is 12.0 Å². The standard InChI is InChI=1S/C14H18N2O3S/c1-10(19-9-12-4-2-3-6-18-12)13(17)16-14-11(8-15)5-7-20-14/h5,7,10,12H,2-4,6,9H2,1H3,(H,16,17). The highest BCUT2D eigenvalue weighted by atomic mass is 32.1. The van der Waals surface area contributed by atoms with Crippen LogP contribution >= 0.6 is 11.3 Å². The summed E-state index contributed by atoms with van der Waals surface area (Å²) >= 11 is 1.33. The van der Waals surface area contributed by atoms with Gasteiger partial charge in [-0.3, -0.25) is 4.79 Å². The van der Waals surface area contributed by atoms with E-state index in [1.54, 1.807) is 18.4 Å². The summed E-state index contributed by atoms with van der Waals surface area (Å²) in [6.07, 6.45) is 2.76. The molecule has 0 aliphatic carbocycles. The van der Waals surface area contributed by atoms with Gasteiger partial charge in [-0.15, -0.1) is 11.3 Å². The molecule has 1 amide bonds. The van der Waals surface area contributed by atoms with Crippen LogP contribution in [0.1, 0.15) is 31.7 Å². The van der Waals surface area contributed by atoms with E-state index >= 15 is 0 Å². The Balaban J connectivity index is 1.78. The van der Waals surface area contributed by atoms with Gasteiger partial charge in [-0.2, -0.15) is 5.26 Å². The van der Waals surface area contributed by atoms with Crippen molar-refractivity contribution in [3.05, 3.63) is 17.0 Å². The minimum Gasteiger partial charge on any atom is -0.376 e. The van der Waals surface area contributed by atoms with Crippen LogP contribution in [0.4, 0.5) is 5.00 Å². The first-order valence-electron chi connectivity index (χ1n) is 6.72. The molecule has 2 unspecified atom stereocenters. The predicted molar refractivity (Wildman–Crippen MR) is 76.7 cm³/mol. The van der Waals surface area contributed by atoms with Crippen LogP contribution in [0.3, 0.4) is 0 Å². The number of carbonyl (C=O) groups excluding carboxylic acids is 1. The number of rotatable bonds is 5. The lowest BCUT2D eigenvalue weighted by molar-refractivity contribution is -0.130. The van der Waals surface area contributed by atoms with Crippen LogP contribution in [0, 0.1) is 11.3 Å². The second-order valence-electron chi connectivity index (χ2n) is 4.73. The topological polar surface area (TPSA) is 71.3 Å². The molecule has 2 rings (SSSR count). The van der Waals surface area contributed by atoms with Gasteiger partial charge in [0.2, 0.25) is 0 Å². The Morgan fingerprint density at radius 1 is 1.70 bits per heavy atom. The lowest BCUT2D eigenvalue weighted by Gasteiger charge is -2.23. The van der Waals surface area contributed by atoms with Crippen LogP contribution in [0.2, 0.25) is 0 Å². The molecule has 1 saturated heterocycles. The molecular formula is C14H18N2O3S. The average Bonchev–Trinajstić information content (AvgIpc) is 2.93. The molecule has 2 atom stereocenters. The van der Waals surface area contributed by atoms with Crippen molar-refractivity contribution in [2.45, 2.75) is 38.4 Å². The number of anilines is 1. The quantitative estimate of drug-likeness (QED) is 0.906. The van der Waals surface area contributed by atoms with Crippen molar-refractivity contribution < 1.29 is 14.3 Å². The number of carbonyl (C=O) groups is 1. The molecule has 6 heteroatoms. The van der Waals surface area contributed by atoms with Crippen molar-refractivity contribution in [3.8, 4) is 6.07 Å². The molecule has 0 radical (unpaired) electrons. The van der Waals surface area contributed by atoms with Crippen molar-refractivity contribution in [2.75, 3.05) is 18.5 Å². The van der Waals surface area contributed by atoms with Crippen LogP contribution in [0.25, 0.3) is 0 Å². The van der Waals surface area contributed by atoms with Crippen molar-refractivity contribution in [1.82, 2.24) is 0 Å². The van der Waals surface area contributed by atoms with E-state index in [2.05, 4.69) is 5.32 Å². The number of ether oxygens (including phenoxy) is 2. The molecule has 2 heterocycles. The van der Waals surface area contributed by atoms with Crippen LogP contribution in [-0.2, 0) is 14.3 Å². The molecule has 0 bridgehead atoms. The summed E-state index contributed by atoms with van der Waals surface area (Å²) in [5.41, 5.74) is 0.478. The van der Waals surface area contributed by atoms with E-state index < -0.39 is 6.10 Å². The number of nitrogens with one attached hydrogen (secondary N) is 1. The number of nitriles is 1. The van der Waals surface area contributed by atoms with E-state index in [0.717, 1.165) is 25.9 Å². The maximum Gasteiger partial charge on any atom is 0.253 e. The van der Waals surface area contributed by atoms with Crippen molar-refractivity contribution in [2.24, 2.45) is 0 Å². The van der Waals surface area contributed by atoms with E-state index in [0.29, 0.717) is 17.2 Å². The molecule has 5 nitrogen and oxygen atoms in total. The van der Waals surface area contributed by atoms with Gasteiger partial charge >= 0.3 is 0 Å². The van der Waals surface area contributed by atoms with Gasteiger partial charge in [0.1, 0.15) is 17.2 Å². The van der Waals surface area contributed by atoms with Gasteiger partial charge in [0.15, 0.2) is 0 Å². The maximum absolute atomic E-state index is 12.0. The van der Waals surface area contributed by atoms with Crippen LogP contribution in [-0.4, -0.2) is 31.3 Å². The fraction of sp³-hybridized carbons (Fsp3) is 0.571. The molecular weight excluding hydrogens is 276 g/mol. The Labute approximate surface area is 122 Å². The summed E-state index contributed by atoms with van der Waals surface area (Å²) in [4.78, 5) is 12.0. The number of thiophene rings is 1. The molecule has 1 aromatic rings. The smallest absolute Gasteiger partial charge is 0.253 e. The van der Waals surface area contributed by atoms with Crippen molar-refractivity contribution in [3.63, 3.8) is 0 Å². The fourth-order valence-electron chi connectivity index (χ4n) is 1.97.